The number of hydrogen-bond donors (Lipinski definition) is 1. The molecule has 3 rings (SSSR count). The second kappa shape index (κ2) is 13.6. The van der Waals surface area contributed by atoms with Crippen molar-refractivity contribution in [1.82, 2.24) is 9.88 Å². The molecule has 6 heteroatoms. The van der Waals surface area contributed by atoms with E-state index in [1.165, 1.54) is 0 Å². The molecular weight excluding hydrogens is 486 g/mol. The van der Waals surface area contributed by atoms with Crippen LogP contribution in [0.25, 0.3) is 11.3 Å². The highest BCUT2D eigenvalue weighted by Gasteiger charge is 2.20. The Labute approximate surface area is 234 Å². The van der Waals surface area contributed by atoms with Crippen LogP contribution in [0.2, 0.25) is 0 Å². The Balaban J connectivity index is 1.97. The summed E-state index contributed by atoms with van der Waals surface area (Å²) in [7, 11) is 1.65. The Bertz CT molecular complexity index is 1250. The van der Waals surface area contributed by atoms with Gasteiger partial charge in [-0.15, -0.1) is 0 Å². The number of anilines is 1. The summed E-state index contributed by atoms with van der Waals surface area (Å²) >= 11 is 0. The Morgan fingerprint density at radius 2 is 1.82 bits per heavy atom. The number of nitrogens with one attached hydrogen (secondary N) is 1. The number of carbonyl (C=O) groups excluding carboxylic acids is 1. The summed E-state index contributed by atoms with van der Waals surface area (Å²) in [5, 5.41) is 3.48. The summed E-state index contributed by atoms with van der Waals surface area (Å²) in [6.45, 7) is 18.0. The molecule has 2 aromatic carbocycles. The van der Waals surface area contributed by atoms with Gasteiger partial charge in [-0.05, 0) is 66.3 Å². The van der Waals surface area contributed by atoms with Gasteiger partial charge in [-0.2, -0.15) is 0 Å². The van der Waals surface area contributed by atoms with Crippen molar-refractivity contribution in [2.24, 2.45) is 11.3 Å². The fourth-order valence-electron chi connectivity index (χ4n) is 4.44. The first-order valence-electron chi connectivity index (χ1n) is 13.9. The monoisotopic (exact) mass is 531 g/mol. The number of para-hydroxylation sites is 1. The maximum atomic E-state index is 13.2. The van der Waals surface area contributed by atoms with Crippen molar-refractivity contribution in [3.8, 4) is 28.6 Å². The molecular formula is C33H45N3O3. The largest absolute Gasteiger partial charge is 0.497 e. The molecule has 0 aliphatic carbocycles. The summed E-state index contributed by atoms with van der Waals surface area (Å²) < 4.78 is 11.9. The molecule has 1 heterocycles. The topological polar surface area (TPSA) is 63.7 Å². The van der Waals surface area contributed by atoms with Gasteiger partial charge in [-0.25, -0.2) is 4.98 Å². The van der Waals surface area contributed by atoms with Crippen LogP contribution in [-0.4, -0.2) is 49.0 Å². The number of aromatic nitrogens is 1. The van der Waals surface area contributed by atoms with Gasteiger partial charge in [0.15, 0.2) is 5.78 Å². The molecule has 0 unspecified atom stereocenters. The molecule has 3 aromatic rings. The number of ether oxygens (including phenoxy) is 2. The Hall–Kier alpha value is -3.38. The highest BCUT2D eigenvalue weighted by Crippen LogP contribution is 2.35. The Kier molecular flexibility index (Phi) is 10.5. The summed E-state index contributed by atoms with van der Waals surface area (Å²) in [5.74, 6) is 2.63. The smallest absolute Gasteiger partial charge is 0.243 e. The average molecular weight is 532 g/mol. The summed E-state index contributed by atoms with van der Waals surface area (Å²) in [5.41, 5.74) is 4.51. The van der Waals surface area contributed by atoms with Crippen LogP contribution in [0, 0.1) is 18.3 Å². The second-order valence-electron chi connectivity index (χ2n) is 11.8. The summed E-state index contributed by atoms with van der Waals surface area (Å²) in [4.78, 5) is 20.4. The third-order valence-electron chi connectivity index (χ3n) is 6.39. The van der Waals surface area contributed by atoms with E-state index in [1.807, 2.05) is 61.5 Å². The summed E-state index contributed by atoms with van der Waals surface area (Å²) in [6.07, 6.45) is 0.322. The molecule has 1 aromatic heterocycles. The summed E-state index contributed by atoms with van der Waals surface area (Å²) in [6, 6.07) is 17.7. The number of ketones is 1. The fourth-order valence-corrected chi connectivity index (χ4v) is 4.44. The minimum atomic E-state index is 0.129. The predicted molar refractivity (Wildman–Crippen MR) is 161 cm³/mol. The lowest BCUT2D eigenvalue weighted by atomic mass is 9.95. The molecule has 0 atom stereocenters. The van der Waals surface area contributed by atoms with Gasteiger partial charge in [0, 0.05) is 25.1 Å². The first kappa shape index (κ1) is 30.2. The van der Waals surface area contributed by atoms with E-state index in [0.29, 0.717) is 30.5 Å². The van der Waals surface area contributed by atoms with Crippen LogP contribution in [0.3, 0.4) is 0 Å². The molecule has 6 nitrogen and oxygen atoms in total. The molecule has 0 amide bonds. The average Bonchev–Trinajstić information content (AvgIpc) is 2.88. The normalized spacial score (nSPS) is 11.6. The van der Waals surface area contributed by atoms with Crippen molar-refractivity contribution in [3.05, 3.63) is 65.7 Å². The number of benzene rings is 2. The van der Waals surface area contributed by atoms with Crippen molar-refractivity contribution >= 4 is 11.5 Å². The van der Waals surface area contributed by atoms with E-state index in [-0.39, 0.29) is 11.2 Å². The van der Waals surface area contributed by atoms with E-state index in [9.17, 15) is 4.79 Å². The molecule has 0 aliphatic heterocycles. The first-order chi connectivity index (χ1) is 18.5. The SMILES string of the molecule is CCN(CC(=O)Cc1ccc(OC)cc1-c1ccc(NCC(C)C)c(Oc2ccccc2C)n1)CC(C)(C)C. The van der Waals surface area contributed by atoms with Crippen LogP contribution in [0.4, 0.5) is 5.69 Å². The second-order valence-corrected chi connectivity index (χ2v) is 11.8. The van der Waals surface area contributed by atoms with E-state index in [2.05, 4.69) is 51.8 Å². The zero-order valence-corrected chi connectivity index (χ0v) is 24.9. The van der Waals surface area contributed by atoms with Crippen LogP contribution >= 0.6 is 0 Å². The molecule has 0 spiro atoms. The van der Waals surface area contributed by atoms with Crippen molar-refractivity contribution < 1.29 is 14.3 Å². The lowest BCUT2D eigenvalue weighted by Crippen LogP contribution is -2.37. The highest BCUT2D eigenvalue weighted by atomic mass is 16.5. The number of nitrogens with zero attached hydrogens (tertiary/aromatic N) is 2. The number of rotatable bonds is 13. The van der Waals surface area contributed by atoms with Gasteiger partial charge in [0.2, 0.25) is 5.88 Å². The van der Waals surface area contributed by atoms with Crippen molar-refractivity contribution in [2.75, 3.05) is 38.6 Å². The number of likely N-dealkylation sites (N-methyl/N-ethyl adjacent to an activating group) is 1. The van der Waals surface area contributed by atoms with Gasteiger partial charge in [-0.1, -0.05) is 65.8 Å². The Morgan fingerprint density at radius 1 is 1.08 bits per heavy atom. The third kappa shape index (κ3) is 9.10. The lowest BCUT2D eigenvalue weighted by Gasteiger charge is -2.28. The number of hydrogen-bond acceptors (Lipinski definition) is 6. The number of carbonyl (C=O) groups is 1. The number of Topliss-reactive ketones (excluding diaryl/α,β-unsaturated/α-hetero) is 1. The minimum absolute atomic E-state index is 0.129. The highest BCUT2D eigenvalue weighted by molar-refractivity contribution is 5.85. The molecule has 39 heavy (non-hydrogen) atoms. The first-order valence-corrected chi connectivity index (χ1v) is 13.9. The zero-order chi connectivity index (χ0) is 28.6. The fraction of sp³-hybridized carbons (Fsp3) is 0.455. The maximum absolute atomic E-state index is 13.2. The van der Waals surface area contributed by atoms with Crippen LogP contribution in [0.1, 0.15) is 52.7 Å². The van der Waals surface area contributed by atoms with Gasteiger partial charge >= 0.3 is 0 Å². The predicted octanol–water partition coefficient (Wildman–Crippen LogP) is 7.41. The minimum Gasteiger partial charge on any atom is -0.497 e. The van der Waals surface area contributed by atoms with E-state index in [0.717, 1.165) is 53.5 Å². The maximum Gasteiger partial charge on any atom is 0.243 e. The van der Waals surface area contributed by atoms with Crippen LogP contribution < -0.4 is 14.8 Å². The standard InChI is InChI=1S/C33H45N3O3/c1-9-36(22-33(5,6)7)21-26(37)18-25-14-15-27(38-8)19-28(25)29-16-17-30(34-20-23(2)3)32(35-29)39-31-13-11-10-12-24(31)4/h10-17,19,23,34H,9,18,20-22H2,1-8H3. The van der Waals surface area contributed by atoms with E-state index in [1.54, 1.807) is 7.11 Å². The third-order valence-corrected chi connectivity index (χ3v) is 6.39. The van der Waals surface area contributed by atoms with E-state index in [4.69, 9.17) is 14.5 Å². The molecule has 0 bridgehead atoms. The van der Waals surface area contributed by atoms with Gasteiger partial charge in [0.05, 0.1) is 25.0 Å². The number of aryl methyl sites for hydroxylation is 1. The Morgan fingerprint density at radius 3 is 2.46 bits per heavy atom. The number of pyridine rings is 1. The van der Waals surface area contributed by atoms with E-state index >= 15 is 0 Å². The molecule has 0 aliphatic rings. The van der Waals surface area contributed by atoms with Crippen molar-refractivity contribution in [2.45, 2.75) is 54.9 Å². The van der Waals surface area contributed by atoms with Gasteiger partial charge in [-0.3, -0.25) is 9.69 Å². The van der Waals surface area contributed by atoms with Gasteiger partial charge < -0.3 is 14.8 Å². The number of methoxy groups -OCH3 is 1. The van der Waals surface area contributed by atoms with Crippen LogP contribution in [-0.2, 0) is 11.2 Å². The molecule has 0 radical (unpaired) electrons. The van der Waals surface area contributed by atoms with Crippen molar-refractivity contribution in [3.63, 3.8) is 0 Å². The lowest BCUT2D eigenvalue weighted by molar-refractivity contribution is -0.119. The molecule has 0 saturated heterocycles. The van der Waals surface area contributed by atoms with Crippen molar-refractivity contribution in [1.29, 1.82) is 0 Å². The van der Waals surface area contributed by atoms with Crippen LogP contribution in [0.5, 0.6) is 17.4 Å². The van der Waals surface area contributed by atoms with Gasteiger partial charge in [0.1, 0.15) is 11.5 Å². The molecule has 210 valence electrons. The van der Waals surface area contributed by atoms with E-state index < -0.39 is 0 Å². The molecule has 1 N–H and O–H groups in total. The zero-order valence-electron chi connectivity index (χ0n) is 24.9. The van der Waals surface area contributed by atoms with Crippen LogP contribution in [0.15, 0.2) is 54.6 Å². The molecule has 0 saturated carbocycles. The molecule has 0 fully saturated rings. The van der Waals surface area contributed by atoms with Gasteiger partial charge in [0.25, 0.3) is 0 Å². The quantitative estimate of drug-likeness (QED) is 0.248.